The van der Waals surface area contributed by atoms with Gasteiger partial charge in [0.15, 0.2) is 5.84 Å². The van der Waals surface area contributed by atoms with Crippen molar-refractivity contribution in [1.82, 2.24) is 4.98 Å². The third kappa shape index (κ3) is 1.91. The molecule has 0 bridgehead atoms. The summed E-state index contributed by atoms with van der Waals surface area (Å²) in [6, 6.07) is 5.51. The summed E-state index contributed by atoms with van der Waals surface area (Å²) in [6.45, 7) is 0. The predicted molar refractivity (Wildman–Crippen MR) is 73.3 cm³/mol. The van der Waals surface area contributed by atoms with Crippen LogP contribution < -0.4 is 11.1 Å². The second-order valence-corrected chi connectivity index (χ2v) is 5.44. The summed E-state index contributed by atoms with van der Waals surface area (Å²) in [5.74, 6) is -0.254. The first-order chi connectivity index (χ1) is 9.15. The van der Waals surface area contributed by atoms with Gasteiger partial charge in [0, 0.05) is 5.69 Å². The maximum atomic E-state index is 12.2. The molecule has 1 aromatic carbocycles. The van der Waals surface area contributed by atoms with E-state index in [-0.39, 0.29) is 11.7 Å². The van der Waals surface area contributed by atoms with E-state index in [1.165, 1.54) is 11.3 Å². The normalized spacial score (nSPS) is 17.4. The molecule has 1 aromatic heterocycles. The van der Waals surface area contributed by atoms with Crippen LogP contribution in [0.25, 0.3) is 10.2 Å². The van der Waals surface area contributed by atoms with Crippen molar-refractivity contribution in [2.75, 3.05) is 5.32 Å². The van der Waals surface area contributed by atoms with Crippen LogP contribution in [-0.2, 0) is 4.79 Å². The minimum atomic E-state index is -0.836. The number of nitrogens with one attached hydrogen (secondary N) is 1. The molecule has 4 N–H and O–H groups in total. The van der Waals surface area contributed by atoms with Crippen molar-refractivity contribution >= 4 is 39.0 Å². The summed E-state index contributed by atoms with van der Waals surface area (Å²) < 4.78 is 1.01. The molecule has 3 rings (SSSR count). The summed E-state index contributed by atoms with van der Waals surface area (Å²) in [4.78, 5) is 16.4. The lowest BCUT2D eigenvalue weighted by molar-refractivity contribution is -0.119. The lowest BCUT2D eigenvalue weighted by Gasteiger charge is -2.13. The van der Waals surface area contributed by atoms with E-state index in [4.69, 9.17) is 10.9 Å². The van der Waals surface area contributed by atoms with Crippen LogP contribution in [-0.4, -0.2) is 21.9 Å². The number of hydrogen-bond donors (Lipinski definition) is 3. The van der Waals surface area contributed by atoms with Gasteiger partial charge in [-0.05, 0) is 31.0 Å². The first-order valence-electron chi connectivity index (χ1n) is 5.78. The molecule has 0 spiro atoms. The van der Waals surface area contributed by atoms with Crippen LogP contribution in [0.5, 0.6) is 0 Å². The second-order valence-electron chi connectivity index (χ2n) is 4.56. The van der Waals surface area contributed by atoms with Gasteiger partial charge in [-0.15, -0.1) is 11.3 Å². The van der Waals surface area contributed by atoms with Crippen LogP contribution in [0.3, 0.4) is 0 Å². The van der Waals surface area contributed by atoms with E-state index in [1.807, 2.05) is 12.1 Å². The number of fused-ring (bicyclic) bond motifs is 1. The van der Waals surface area contributed by atoms with Gasteiger partial charge in [0.2, 0.25) is 5.91 Å². The fraction of sp³-hybridized carbons (Fsp3) is 0.250. The Morgan fingerprint density at radius 1 is 1.53 bits per heavy atom. The minimum Gasteiger partial charge on any atom is -0.409 e. The summed E-state index contributed by atoms with van der Waals surface area (Å²) in [6.07, 6.45) is 1.22. The van der Waals surface area contributed by atoms with Crippen molar-refractivity contribution in [1.29, 1.82) is 0 Å². The zero-order chi connectivity index (χ0) is 13.5. The highest BCUT2D eigenvalue weighted by molar-refractivity contribution is 7.16. The molecule has 0 saturated heterocycles. The molecule has 1 fully saturated rings. The molecule has 7 heteroatoms. The maximum absolute atomic E-state index is 12.2. The summed E-state index contributed by atoms with van der Waals surface area (Å²) in [7, 11) is 0. The van der Waals surface area contributed by atoms with Crippen LogP contribution >= 0.6 is 11.3 Å². The van der Waals surface area contributed by atoms with Gasteiger partial charge < -0.3 is 16.3 Å². The number of benzene rings is 1. The van der Waals surface area contributed by atoms with E-state index >= 15 is 0 Å². The van der Waals surface area contributed by atoms with Gasteiger partial charge in [-0.25, -0.2) is 4.98 Å². The monoisotopic (exact) mass is 276 g/mol. The zero-order valence-electron chi connectivity index (χ0n) is 9.96. The van der Waals surface area contributed by atoms with Gasteiger partial charge >= 0.3 is 0 Å². The first kappa shape index (κ1) is 11.9. The third-order valence-electron chi connectivity index (χ3n) is 3.37. The van der Waals surface area contributed by atoms with Crippen molar-refractivity contribution < 1.29 is 10.0 Å². The molecular formula is C12H12N4O2S. The van der Waals surface area contributed by atoms with E-state index in [0.717, 1.165) is 10.2 Å². The Hall–Kier alpha value is -2.15. The Labute approximate surface area is 112 Å². The first-order valence-corrected chi connectivity index (χ1v) is 6.66. The summed E-state index contributed by atoms with van der Waals surface area (Å²) >= 11 is 1.51. The second kappa shape index (κ2) is 4.20. The number of aromatic nitrogens is 1. The van der Waals surface area contributed by atoms with Crippen LogP contribution in [0.1, 0.15) is 12.8 Å². The topological polar surface area (TPSA) is 101 Å². The molecular weight excluding hydrogens is 264 g/mol. The number of thiazole rings is 1. The van der Waals surface area contributed by atoms with Crippen LogP contribution in [0, 0.1) is 5.41 Å². The Kier molecular flexibility index (Phi) is 2.63. The quantitative estimate of drug-likeness (QED) is 0.344. The van der Waals surface area contributed by atoms with Crippen LogP contribution in [0.15, 0.2) is 28.9 Å². The fourth-order valence-corrected chi connectivity index (χ4v) is 2.72. The molecule has 0 aliphatic heterocycles. The summed E-state index contributed by atoms with van der Waals surface area (Å²) in [5, 5.41) is 14.5. The summed E-state index contributed by atoms with van der Waals surface area (Å²) in [5.41, 5.74) is 8.09. The Bertz CT molecular complexity index is 675. The lowest BCUT2D eigenvalue weighted by Crippen LogP contribution is -2.36. The minimum absolute atomic E-state index is 0.0242. The molecule has 0 unspecified atom stereocenters. The molecule has 19 heavy (non-hydrogen) atoms. The van der Waals surface area contributed by atoms with Crippen LogP contribution in [0.2, 0.25) is 0 Å². The fourth-order valence-electron chi connectivity index (χ4n) is 2.00. The maximum Gasteiger partial charge on any atom is 0.238 e. The Balaban J connectivity index is 1.83. The average Bonchev–Trinajstić information content (AvgIpc) is 3.11. The van der Waals surface area contributed by atoms with Gasteiger partial charge in [0.1, 0.15) is 5.41 Å². The number of rotatable bonds is 3. The van der Waals surface area contributed by atoms with Gasteiger partial charge in [-0.3, -0.25) is 4.79 Å². The number of nitrogens with two attached hydrogens (primary N) is 1. The Morgan fingerprint density at radius 3 is 3.00 bits per heavy atom. The Morgan fingerprint density at radius 2 is 2.32 bits per heavy atom. The van der Waals surface area contributed by atoms with Gasteiger partial charge in [-0.1, -0.05) is 5.16 Å². The van der Waals surface area contributed by atoms with Crippen molar-refractivity contribution in [3.63, 3.8) is 0 Å². The number of carbonyl (C=O) groups is 1. The van der Waals surface area contributed by atoms with Crippen molar-refractivity contribution in [2.24, 2.45) is 16.3 Å². The molecule has 0 radical (unpaired) electrons. The number of anilines is 1. The molecule has 1 saturated carbocycles. The molecule has 0 atom stereocenters. The smallest absolute Gasteiger partial charge is 0.238 e. The zero-order valence-corrected chi connectivity index (χ0v) is 10.8. The van der Waals surface area contributed by atoms with E-state index in [2.05, 4.69) is 15.5 Å². The van der Waals surface area contributed by atoms with E-state index in [9.17, 15) is 4.79 Å². The molecule has 1 heterocycles. The standard InChI is InChI=1S/C12H12N4O2S/c13-10(16-18)12(3-4-12)11(17)15-7-1-2-8-9(5-7)19-6-14-8/h1-2,5-6,18H,3-4H2,(H2,13,16)(H,15,17). The van der Waals surface area contributed by atoms with Gasteiger partial charge in [0.05, 0.1) is 15.7 Å². The molecule has 1 amide bonds. The van der Waals surface area contributed by atoms with E-state index in [1.54, 1.807) is 11.6 Å². The number of hydrogen-bond acceptors (Lipinski definition) is 5. The number of carbonyl (C=O) groups excluding carboxylic acids is 1. The SMILES string of the molecule is N/C(=N/O)C1(C(=O)Nc2ccc3ncsc3c2)CC1. The highest BCUT2D eigenvalue weighted by Crippen LogP contribution is 2.46. The van der Waals surface area contributed by atoms with Crippen molar-refractivity contribution in [3.05, 3.63) is 23.7 Å². The average molecular weight is 276 g/mol. The predicted octanol–water partition coefficient (Wildman–Crippen LogP) is 1.76. The number of amides is 1. The van der Waals surface area contributed by atoms with Crippen molar-refractivity contribution in [2.45, 2.75) is 12.8 Å². The van der Waals surface area contributed by atoms with E-state index < -0.39 is 5.41 Å². The van der Waals surface area contributed by atoms with E-state index in [0.29, 0.717) is 18.5 Å². The lowest BCUT2D eigenvalue weighted by atomic mass is 10.1. The number of oxime groups is 1. The van der Waals surface area contributed by atoms with Gasteiger partial charge in [0.25, 0.3) is 0 Å². The molecule has 6 nitrogen and oxygen atoms in total. The molecule has 98 valence electrons. The van der Waals surface area contributed by atoms with Crippen LogP contribution in [0.4, 0.5) is 5.69 Å². The third-order valence-corrected chi connectivity index (χ3v) is 4.16. The highest BCUT2D eigenvalue weighted by atomic mass is 32.1. The molecule has 1 aliphatic carbocycles. The highest BCUT2D eigenvalue weighted by Gasteiger charge is 2.54. The van der Waals surface area contributed by atoms with Crippen molar-refractivity contribution in [3.8, 4) is 0 Å². The van der Waals surface area contributed by atoms with Gasteiger partial charge in [-0.2, -0.15) is 0 Å². The molecule has 1 aliphatic rings. The number of nitrogens with zero attached hydrogens (tertiary/aromatic N) is 2. The molecule has 2 aromatic rings. The largest absolute Gasteiger partial charge is 0.409 e. The number of amidine groups is 1.